The molecule has 0 heterocycles. The molecule has 64 valence electrons. The molecule has 4 nitrogen and oxygen atoms in total. The fraction of sp³-hybridized carbons (Fsp3) is 0.111. The molecule has 0 bridgehead atoms. The number of hydrogen-bond acceptors (Lipinski definition) is 4. The van der Waals surface area contributed by atoms with Crippen LogP contribution in [0, 0.1) is 6.92 Å². The second kappa shape index (κ2) is 4.12. The summed E-state index contributed by atoms with van der Waals surface area (Å²) in [5.74, 6) is 0. The lowest BCUT2D eigenvalue weighted by molar-refractivity contribution is 0.565. The highest BCUT2D eigenvalue weighted by molar-refractivity contribution is 5.61. The average molecular weight is 176 g/mol. The average Bonchev–Trinajstić information content (AvgIpc) is 2.12. The Kier molecular flexibility index (Phi) is 2.87. The molecule has 0 unspecified atom stereocenters. The van der Waals surface area contributed by atoms with Crippen molar-refractivity contribution in [3.05, 3.63) is 23.8 Å². The van der Waals surface area contributed by atoms with Crippen molar-refractivity contribution in [1.29, 1.82) is 0 Å². The maximum atomic E-state index is 10.00. The van der Waals surface area contributed by atoms with E-state index in [0.29, 0.717) is 11.4 Å². The van der Waals surface area contributed by atoms with Crippen molar-refractivity contribution in [2.75, 3.05) is 0 Å². The molecule has 4 heteroatoms. The topological polar surface area (TPSA) is 58.9 Å². The van der Waals surface area contributed by atoms with Crippen LogP contribution in [0.4, 0.5) is 11.4 Å². The van der Waals surface area contributed by atoms with E-state index in [1.165, 1.54) is 18.2 Å². The van der Waals surface area contributed by atoms with Crippen LogP contribution in [-0.2, 0) is 9.59 Å². The Morgan fingerprint density at radius 1 is 1.15 bits per heavy atom. The van der Waals surface area contributed by atoms with E-state index in [4.69, 9.17) is 0 Å². The van der Waals surface area contributed by atoms with E-state index in [2.05, 4.69) is 9.98 Å². The maximum absolute atomic E-state index is 10.00. The Morgan fingerprint density at radius 2 is 1.85 bits per heavy atom. The molecule has 0 aromatic heterocycles. The van der Waals surface area contributed by atoms with Crippen LogP contribution in [0.15, 0.2) is 28.2 Å². The van der Waals surface area contributed by atoms with Gasteiger partial charge in [0.1, 0.15) is 0 Å². The zero-order valence-electron chi connectivity index (χ0n) is 6.94. The minimum Gasteiger partial charge on any atom is -0.211 e. The summed E-state index contributed by atoms with van der Waals surface area (Å²) in [6.07, 6.45) is 2.84. The van der Waals surface area contributed by atoms with Crippen LogP contribution in [0.3, 0.4) is 0 Å². The van der Waals surface area contributed by atoms with Gasteiger partial charge in [0.05, 0.1) is 11.4 Å². The van der Waals surface area contributed by atoms with Gasteiger partial charge in [-0.3, -0.25) is 0 Å². The quantitative estimate of drug-likeness (QED) is 0.392. The van der Waals surface area contributed by atoms with Crippen molar-refractivity contribution in [2.24, 2.45) is 9.98 Å². The predicted octanol–water partition coefficient (Wildman–Crippen LogP) is 1.93. The summed E-state index contributed by atoms with van der Waals surface area (Å²) >= 11 is 0. The van der Waals surface area contributed by atoms with Crippen LogP contribution in [0.2, 0.25) is 0 Å². The van der Waals surface area contributed by atoms with Crippen LogP contribution < -0.4 is 0 Å². The van der Waals surface area contributed by atoms with Crippen LogP contribution >= 0.6 is 0 Å². The summed E-state index contributed by atoms with van der Waals surface area (Å²) in [4.78, 5) is 26.8. The fourth-order valence-electron chi connectivity index (χ4n) is 0.890. The number of carbonyl (C=O) groups excluding carboxylic acids is 2. The summed E-state index contributed by atoms with van der Waals surface area (Å²) in [5, 5.41) is 0. The highest BCUT2D eigenvalue weighted by atomic mass is 16.1. The third-order valence-corrected chi connectivity index (χ3v) is 1.53. The Morgan fingerprint density at radius 3 is 2.46 bits per heavy atom. The Bertz CT molecular complexity index is 414. The number of aliphatic imine (C=N–C) groups is 2. The predicted molar refractivity (Wildman–Crippen MR) is 46.7 cm³/mol. The van der Waals surface area contributed by atoms with E-state index in [1.54, 1.807) is 19.1 Å². The summed E-state index contributed by atoms with van der Waals surface area (Å²) in [6.45, 7) is 1.80. The number of hydrogen-bond donors (Lipinski definition) is 0. The molecule has 1 rings (SSSR count). The molecular formula is C9H6N2O2. The molecule has 0 atom stereocenters. The van der Waals surface area contributed by atoms with Crippen LogP contribution in [0.25, 0.3) is 0 Å². The van der Waals surface area contributed by atoms with Gasteiger partial charge in [-0.2, -0.15) is 9.98 Å². The molecule has 0 radical (unpaired) electrons. The lowest BCUT2D eigenvalue weighted by Crippen LogP contribution is -1.73. The molecule has 0 N–H and O–H groups in total. The molecular weight excluding hydrogens is 170 g/mol. The van der Waals surface area contributed by atoms with E-state index in [9.17, 15) is 9.59 Å². The minimum absolute atomic E-state index is 0.426. The Balaban J connectivity index is 3.25. The van der Waals surface area contributed by atoms with Crippen molar-refractivity contribution in [3.8, 4) is 0 Å². The largest absolute Gasteiger partial charge is 0.240 e. The van der Waals surface area contributed by atoms with Gasteiger partial charge in [0, 0.05) is 0 Å². The molecule has 0 saturated heterocycles. The van der Waals surface area contributed by atoms with Gasteiger partial charge in [-0.1, -0.05) is 6.07 Å². The minimum atomic E-state index is 0.426. The first kappa shape index (κ1) is 9.07. The van der Waals surface area contributed by atoms with Gasteiger partial charge in [0.2, 0.25) is 12.2 Å². The first-order valence-corrected chi connectivity index (χ1v) is 3.54. The highest BCUT2D eigenvalue weighted by Crippen LogP contribution is 2.23. The lowest BCUT2D eigenvalue weighted by Gasteiger charge is -1.97. The molecule has 0 saturated carbocycles. The fourth-order valence-corrected chi connectivity index (χ4v) is 0.890. The Hall–Kier alpha value is -2.02. The van der Waals surface area contributed by atoms with Crippen molar-refractivity contribution >= 4 is 23.5 Å². The van der Waals surface area contributed by atoms with Gasteiger partial charge in [0.15, 0.2) is 0 Å². The van der Waals surface area contributed by atoms with Gasteiger partial charge in [0.25, 0.3) is 0 Å². The Labute approximate surface area is 74.6 Å². The number of rotatable bonds is 2. The monoisotopic (exact) mass is 176 g/mol. The van der Waals surface area contributed by atoms with Gasteiger partial charge >= 0.3 is 0 Å². The number of aryl methyl sites for hydroxylation is 1. The molecule has 0 fully saturated rings. The molecule has 0 aliphatic heterocycles. The van der Waals surface area contributed by atoms with Gasteiger partial charge < -0.3 is 0 Å². The first-order valence-electron chi connectivity index (χ1n) is 3.54. The second-order valence-corrected chi connectivity index (χ2v) is 2.38. The normalized spacial score (nSPS) is 8.38. The van der Waals surface area contributed by atoms with Gasteiger partial charge in [-0.15, -0.1) is 0 Å². The maximum Gasteiger partial charge on any atom is 0.240 e. The van der Waals surface area contributed by atoms with Gasteiger partial charge in [-0.25, -0.2) is 9.59 Å². The summed E-state index contributed by atoms with van der Waals surface area (Å²) in [7, 11) is 0. The van der Waals surface area contributed by atoms with Crippen molar-refractivity contribution < 1.29 is 9.59 Å². The van der Waals surface area contributed by atoms with Crippen molar-refractivity contribution in [1.82, 2.24) is 0 Å². The van der Waals surface area contributed by atoms with E-state index >= 15 is 0 Å². The van der Waals surface area contributed by atoms with E-state index in [1.807, 2.05) is 0 Å². The number of isocyanates is 2. The van der Waals surface area contributed by atoms with Crippen LogP contribution in [-0.4, -0.2) is 12.2 Å². The summed E-state index contributed by atoms with van der Waals surface area (Å²) < 4.78 is 0. The molecule has 1 aromatic carbocycles. The molecule has 13 heavy (non-hydrogen) atoms. The molecule has 0 aliphatic rings. The van der Waals surface area contributed by atoms with E-state index in [-0.39, 0.29) is 0 Å². The number of benzene rings is 1. The molecule has 1 aromatic rings. The SMILES string of the molecule is Cc1ccc([15N]=C=O)cc1[15N]=C=O. The summed E-state index contributed by atoms with van der Waals surface area (Å²) in [5.41, 5.74) is 1.72. The third-order valence-electron chi connectivity index (χ3n) is 1.53. The van der Waals surface area contributed by atoms with Gasteiger partial charge in [-0.05, 0) is 24.6 Å². The highest BCUT2D eigenvalue weighted by Gasteiger charge is 1.97. The van der Waals surface area contributed by atoms with Crippen molar-refractivity contribution in [2.45, 2.75) is 6.92 Å². The zero-order valence-corrected chi connectivity index (χ0v) is 6.94. The van der Waals surface area contributed by atoms with Crippen molar-refractivity contribution in [3.63, 3.8) is 0 Å². The van der Waals surface area contributed by atoms with E-state index in [0.717, 1.165) is 5.56 Å². The first-order chi connectivity index (χ1) is 6.27. The number of nitrogens with zero attached hydrogens (tertiary/aromatic N) is 2. The lowest BCUT2D eigenvalue weighted by atomic mass is 10.2. The molecule has 0 aliphatic carbocycles. The van der Waals surface area contributed by atoms with Crippen LogP contribution in [0.5, 0.6) is 0 Å². The third kappa shape index (κ3) is 2.20. The smallest absolute Gasteiger partial charge is 0.211 e. The molecule has 0 amide bonds. The van der Waals surface area contributed by atoms with E-state index < -0.39 is 0 Å². The van der Waals surface area contributed by atoms with Crippen LogP contribution in [0.1, 0.15) is 5.56 Å². The summed E-state index contributed by atoms with van der Waals surface area (Å²) in [6, 6.07) is 4.88. The molecule has 0 spiro atoms. The zero-order chi connectivity index (χ0) is 9.68. The standard InChI is InChI=1S/C9H6N2O2/c1-7-2-3-8(10-5-12)4-9(7)11-6-13/h2-4H,1H3/i10+1,11+1. The second-order valence-electron chi connectivity index (χ2n) is 2.38.